The van der Waals surface area contributed by atoms with Crippen molar-refractivity contribution in [2.45, 2.75) is 34.2 Å². The molecule has 0 aliphatic heterocycles. The van der Waals surface area contributed by atoms with Crippen LogP contribution in [0.5, 0.6) is 0 Å². The number of aromatic nitrogens is 2. The normalized spacial score (nSPS) is 11.0. The minimum absolute atomic E-state index is 0.201. The molecule has 0 unspecified atom stereocenters. The molecule has 1 amide bonds. The summed E-state index contributed by atoms with van der Waals surface area (Å²) in [7, 11) is 0. The van der Waals surface area contributed by atoms with Crippen molar-refractivity contribution in [1.82, 2.24) is 15.1 Å². The molecule has 1 aromatic heterocycles. The van der Waals surface area contributed by atoms with Crippen molar-refractivity contribution in [3.8, 4) is 0 Å². The van der Waals surface area contributed by atoms with E-state index in [2.05, 4.69) is 24.3 Å². The first-order valence-electron chi connectivity index (χ1n) is 6.66. The van der Waals surface area contributed by atoms with E-state index in [0.717, 1.165) is 0 Å². The van der Waals surface area contributed by atoms with E-state index in [0.29, 0.717) is 49.3 Å². The summed E-state index contributed by atoms with van der Waals surface area (Å²) in [5.74, 6) is 0.295. The lowest BCUT2D eigenvalue weighted by atomic mass is 10.2. The lowest BCUT2D eigenvalue weighted by Crippen LogP contribution is -2.30. The van der Waals surface area contributed by atoms with Crippen LogP contribution in [0.4, 0.5) is 5.69 Å². The number of carbonyl (C=O) groups excluding carboxylic acids is 1. The van der Waals surface area contributed by atoms with Crippen molar-refractivity contribution >= 4 is 11.6 Å². The number of nitrogens with zero attached hydrogens (tertiary/aromatic N) is 2. The number of hydrogen-bond donors (Lipinski definition) is 2. The second kappa shape index (κ2) is 7.13. The Balaban J connectivity index is 2.50. The summed E-state index contributed by atoms with van der Waals surface area (Å²) in [4.78, 5) is 12.0. The van der Waals surface area contributed by atoms with Crippen LogP contribution < -0.4 is 11.1 Å². The van der Waals surface area contributed by atoms with E-state index >= 15 is 0 Å². The van der Waals surface area contributed by atoms with Gasteiger partial charge in [0.2, 0.25) is 0 Å². The van der Waals surface area contributed by atoms with Crippen molar-refractivity contribution in [2.24, 2.45) is 5.92 Å². The molecule has 6 nitrogen and oxygen atoms in total. The molecule has 3 N–H and O–H groups in total. The van der Waals surface area contributed by atoms with E-state index in [-0.39, 0.29) is 5.91 Å². The molecular weight excluding hydrogens is 244 g/mol. The van der Waals surface area contributed by atoms with E-state index in [1.807, 2.05) is 6.92 Å². The van der Waals surface area contributed by atoms with Gasteiger partial charge in [0.15, 0.2) is 0 Å². The molecule has 0 spiro atoms. The zero-order valence-corrected chi connectivity index (χ0v) is 12.2. The molecule has 6 heteroatoms. The summed E-state index contributed by atoms with van der Waals surface area (Å²) >= 11 is 0. The van der Waals surface area contributed by atoms with E-state index < -0.39 is 0 Å². The fourth-order valence-corrected chi connectivity index (χ4v) is 1.70. The molecule has 0 fully saturated rings. The van der Waals surface area contributed by atoms with E-state index in [9.17, 15) is 4.79 Å². The Bertz CT molecular complexity index is 427. The van der Waals surface area contributed by atoms with Gasteiger partial charge in [-0.05, 0) is 19.8 Å². The van der Waals surface area contributed by atoms with Crippen LogP contribution in [0.1, 0.15) is 37.0 Å². The second-order valence-corrected chi connectivity index (χ2v) is 4.89. The largest absolute Gasteiger partial charge is 0.395 e. The Hall–Kier alpha value is -1.56. The summed E-state index contributed by atoms with van der Waals surface area (Å²) in [6.45, 7) is 10.2. The van der Waals surface area contributed by atoms with E-state index in [1.54, 1.807) is 11.6 Å². The van der Waals surface area contributed by atoms with Gasteiger partial charge in [0.05, 0.1) is 18.0 Å². The molecule has 0 radical (unpaired) electrons. The van der Waals surface area contributed by atoms with Gasteiger partial charge in [-0.1, -0.05) is 13.8 Å². The van der Waals surface area contributed by atoms with Crippen LogP contribution in [-0.2, 0) is 11.3 Å². The summed E-state index contributed by atoms with van der Waals surface area (Å²) in [5.41, 5.74) is 7.44. The maximum Gasteiger partial charge on any atom is 0.271 e. The number of carbonyl (C=O) groups is 1. The quantitative estimate of drug-likeness (QED) is 0.728. The number of rotatable bonds is 7. The lowest BCUT2D eigenvalue weighted by molar-refractivity contribution is 0.0878. The summed E-state index contributed by atoms with van der Waals surface area (Å²) in [6.07, 6.45) is 0. The minimum Gasteiger partial charge on any atom is -0.395 e. The minimum atomic E-state index is -0.201. The van der Waals surface area contributed by atoms with Crippen LogP contribution in [0.2, 0.25) is 0 Å². The van der Waals surface area contributed by atoms with Crippen molar-refractivity contribution in [3.05, 3.63) is 11.4 Å². The Morgan fingerprint density at radius 2 is 2.21 bits per heavy atom. The number of aryl methyl sites for hydroxylation is 2. The molecule has 19 heavy (non-hydrogen) atoms. The molecule has 0 saturated heterocycles. The van der Waals surface area contributed by atoms with Crippen LogP contribution in [0.3, 0.4) is 0 Å². The van der Waals surface area contributed by atoms with Gasteiger partial charge in [-0.3, -0.25) is 9.48 Å². The Morgan fingerprint density at radius 1 is 1.53 bits per heavy atom. The van der Waals surface area contributed by atoms with Crippen LogP contribution in [-0.4, -0.2) is 35.4 Å². The monoisotopic (exact) mass is 268 g/mol. The average molecular weight is 268 g/mol. The highest BCUT2D eigenvalue weighted by Gasteiger charge is 2.18. The third-order valence-electron chi connectivity index (χ3n) is 2.67. The van der Waals surface area contributed by atoms with Gasteiger partial charge in [0.1, 0.15) is 5.69 Å². The second-order valence-electron chi connectivity index (χ2n) is 4.89. The van der Waals surface area contributed by atoms with Gasteiger partial charge in [-0.15, -0.1) is 0 Å². The smallest absolute Gasteiger partial charge is 0.271 e. The van der Waals surface area contributed by atoms with Crippen molar-refractivity contribution in [3.63, 3.8) is 0 Å². The van der Waals surface area contributed by atoms with Gasteiger partial charge in [-0.2, -0.15) is 5.10 Å². The number of hydrogen-bond acceptors (Lipinski definition) is 4. The van der Waals surface area contributed by atoms with E-state index in [1.165, 1.54) is 0 Å². The highest BCUT2D eigenvalue weighted by Crippen LogP contribution is 2.15. The fraction of sp³-hybridized carbons (Fsp3) is 0.692. The molecule has 0 aliphatic rings. The van der Waals surface area contributed by atoms with Crippen LogP contribution in [0, 0.1) is 12.8 Å². The number of nitrogens with one attached hydrogen (secondary N) is 1. The van der Waals surface area contributed by atoms with Crippen LogP contribution >= 0.6 is 0 Å². The molecule has 0 aromatic carbocycles. The van der Waals surface area contributed by atoms with Gasteiger partial charge in [0.25, 0.3) is 5.91 Å². The predicted molar refractivity (Wildman–Crippen MR) is 75.0 cm³/mol. The third-order valence-corrected chi connectivity index (χ3v) is 2.67. The lowest BCUT2D eigenvalue weighted by Gasteiger charge is -2.09. The number of nitrogens with two attached hydrogens (primary N) is 1. The average Bonchev–Trinajstić information content (AvgIpc) is 2.64. The highest BCUT2D eigenvalue weighted by atomic mass is 16.5. The van der Waals surface area contributed by atoms with Gasteiger partial charge in [0, 0.05) is 19.7 Å². The number of anilines is 1. The maximum atomic E-state index is 12.0. The molecule has 1 rings (SSSR count). The first kappa shape index (κ1) is 15.5. The zero-order chi connectivity index (χ0) is 14.4. The SMILES string of the molecule is CCn1nc(C)c(N)c1C(=O)NCCOCC(C)C. The standard InChI is InChI=1S/C13H24N4O2/c1-5-17-12(11(14)10(4)16-17)13(18)15-6-7-19-8-9(2)3/h9H,5-8,14H2,1-4H3,(H,15,18). The summed E-state index contributed by atoms with van der Waals surface area (Å²) in [6, 6.07) is 0. The number of ether oxygens (including phenoxy) is 1. The fourth-order valence-electron chi connectivity index (χ4n) is 1.70. The van der Waals surface area contributed by atoms with Crippen LogP contribution in [0.15, 0.2) is 0 Å². The molecule has 1 heterocycles. The van der Waals surface area contributed by atoms with Gasteiger partial charge in [-0.25, -0.2) is 0 Å². The van der Waals surface area contributed by atoms with Gasteiger partial charge < -0.3 is 15.8 Å². The molecular formula is C13H24N4O2. The highest BCUT2D eigenvalue weighted by molar-refractivity contribution is 5.97. The topological polar surface area (TPSA) is 82.2 Å². The third kappa shape index (κ3) is 4.24. The molecule has 0 atom stereocenters. The first-order valence-corrected chi connectivity index (χ1v) is 6.66. The molecule has 0 bridgehead atoms. The number of amides is 1. The molecule has 0 saturated carbocycles. The van der Waals surface area contributed by atoms with Gasteiger partial charge >= 0.3 is 0 Å². The predicted octanol–water partition coefficient (Wildman–Crippen LogP) is 1.20. The van der Waals surface area contributed by atoms with Crippen molar-refractivity contribution in [2.75, 3.05) is 25.5 Å². The van der Waals surface area contributed by atoms with E-state index in [4.69, 9.17) is 10.5 Å². The summed E-state index contributed by atoms with van der Waals surface area (Å²) in [5, 5.41) is 7.01. The summed E-state index contributed by atoms with van der Waals surface area (Å²) < 4.78 is 7.02. The number of nitrogen functional groups attached to an aromatic ring is 1. The van der Waals surface area contributed by atoms with Crippen LogP contribution in [0.25, 0.3) is 0 Å². The first-order chi connectivity index (χ1) is 8.97. The zero-order valence-electron chi connectivity index (χ0n) is 12.2. The molecule has 0 aliphatic carbocycles. The Morgan fingerprint density at radius 3 is 2.79 bits per heavy atom. The Kier molecular flexibility index (Phi) is 5.82. The molecule has 108 valence electrons. The Labute approximate surface area is 114 Å². The van der Waals surface area contributed by atoms with Crippen molar-refractivity contribution in [1.29, 1.82) is 0 Å². The van der Waals surface area contributed by atoms with Crippen molar-refractivity contribution < 1.29 is 9.53 Å². The maximum absolute atomic E-state index is 12.0. The molecule has 1 aromatic rings.